The molecule has 0 atom stereocenters. The molecule has 0 spiro atoms. The van der Waals surface area contributed by atoms with Crippen molar-refractivity contribution in [2.24, 2.45) is 0 Å². The van der Waals surface area contributed by atoms with Gasteiger partial charge >= 0.3 is 0 Å². The van der Waals surface area contributed by atoms with E-state index >= 15 is 0 Å². The number of amides is 2. The Bertz CT molecular complexity index is 884. The van der Waals surface area contributed by atoms with Crippen LogP contribution >= 0.6 is 0 Å². The van der Waals surface area contributed by atoms with Crippen LogP contribution in [0.15, 0.2) is 60.7 Å². The number of piperazine rings is 1. The second-order valence-corrected chi connectivity index (χ2v) is 8.02. The quantitative estimate of drug-likeness (QED) is 0.744. The van der Waals surface area contributed by atoms with Gasteiger partial charge in [0.05, 0.1) is 0 Å². The van der Waals surface area contributed by atoms with Crippen LogP contribution in [0.3, 0.4) is 0 Å². The molecule has 5 nitrogen and oxygen atoms in total. The number of benzene rings is 2. The smallest absolute Gasteiger partial charge is 0.253 e. The molecule has 2 heterocycles. The summed E-state index contributed by atoms with van der Waals surface area (Å²) in [6.45, 7) is 5.66. The van der Waals surface area contributed by atoms with Gasteiger partial charge in [-0.05, 0) is 29.7 Å². The van der Waals surface area contributed by atoms with Gasteiger partial charge in [-0.15, -0.1) is 0 Å². The van der Waals surface area contributed by atoms with Crippen LogP contribution in [0.1, 0.15) is 34.3 Å². The van der Waals surface area contributed by atoms with Crippen molar-refractivity contribution in [3.63, 3.8) is 0 Å². The van der Waals surface area contributed by atoms with Gasteiger partial charge in [0, 0.05) is 57.8 Å². The zero-order chi connectivity index (χ0) is 20.8. The molecule has 0 bridgehead atoms. The van der Waals surface area contributed by atoms with Gasteiger partial charge in [0.15, 0.2) is 0 Å². The lowest BCUT2D eigenvalue weighted by Crippen LogP contribution is -2.48. The van der Waals surface area contributed by atoms with E-state index in [9.17, 15) is 9.59 Å². The third-order valence-corrected chi connectivity index (χ3v) is 5.88. The number of hydrogen-bond donors (Lipinski definition) is 0. The Morgan fingerprint density at radius 1 is 0.900 bits per heavy atom. The minimum absolute atomic E-state index is 0.0956. The molecule has 2 aliphatic heterocycles. The van der Waals surface area contributed by atoms with Crippen LogP contribution in [0.5, 0.6) is 0 Å². The Hall–Kier alpha value is -2.92. The molecule has 2 fully saturated rings. The van der Waals surface area contributed by atoms with Gasteiger partial charge in [-0.3, -0.25) is 14.5 Å². The van der Waals surface area contributed by atoms with E-state index in [-0.39, 0.29) is 11.8 Å². The zero-order valence-electron chi connectivity index (χ0n) is 17.4. The number of rotatable bonds is 6. The number of hydrogen-bond acceptors (Lipinski definition) is 3. The maximum Gasteiger partial charge on any atom is 0.253 e. The maximum atomic E-state index is 12.8. The van der Waals surface area contributed by atoms with E-state index in [1.165, 1.54) is 5.56 Å². The summed E-state index contributed by atoms with van der Waals surface area (Å²) in [5, 5.41) is 0. The fourth-order valence-electron chi connectivity index (χ4n) is 4.06. The highest BCUT2D eigenvalue weighted by atomic mass is 16.2. The Labute approximate surface area is 178 Å². The predicted molar refractivity (Wildman–Crippen MR) is 119 cm³/mol. The molecule has 2 aromatic rings. The van der Waals surface area contributed by atoms with E-state index in [0.29, 0.717) is 13.0 Å². The van der Waals surface area contributed by atoms with Crippen LogP contribution in [0, 0.1) is 0 Å². The molecule has 2 aromatic carbocycles. The molecule has 30 heavy (non-hydrogen) atoms. The standard InChI is InChI=1S/C25H29N3O2/c29-24-9-5-15-28(24)20-22-10-12-23(13-11-22)25(30)27-18-16-26(17-19-27)14-4-8-21-6-2-1-3-7-21/h1-4,6-8,10-13H,5,9,14-20H2/b8-4+. The lowest BCUT2D eigenvalue weighted by atomic mass is 10.1. The molecule has 2 amide bonds. The normalized spacial score (nSPS) is 17.8. The predicted octanol–water partition coefficient (Wildman–Crippen LogP) is 3.28. The van der Waals surface area contributed by atoms with Gasteiger partial charge in [0.1, 0.15) is 0 Å². The van der Waals surface area contributed by atoms with E-state index in [2.05, 4.69) is 29.2 Å². The number of likely N-dealkylation sites (tertiary alicyclic amines) is 1. The van der Waals surface area contributed by atoms with Crippen LogP contribution in [0.4, 0.5) is 0 Å². The van der Waals surface area contributed by atoms with Crippen molar-refractivity contribution in [3.8, 4) is 0 Å². The monoisotopic (exact) mass is 403 g/mol. The molecule has 0 aliphatic carbocycles. The summed E-state index contributed by atoms with van der Waals surface area (Å²) in [6.07, 6.45) is 5.94. The molecule has 0 radical (unpaired) electrons. The molecular weight excluding hydrogens is 374 g/mol. The van der Waals surface area contributed by atoms with Crippen LogP contribution in [-0.4, -0.2) is 65.8 Å². The van der Waals surface area contributed by atoms with E-state index in [1.54, 1.807) is 0 Å². The van der Waals surface area contributed by atoms with Crippen molar-refractivity contribution in [1.82, 2.24) is 14.7 Å². The minimum Gasteiger partial charge on any atom is -0.338 e. The highest BCUT2D eigenvalue weighted by Gasteiger charge is 2.22. The number of nitrogens with zero attached hydrogens (tertiary/aromatic N) is 3. The third-order valence-electron chi connectivity index (χ3n) is 5.88. The fraction of sp³-hybridized carbons (Fsp3) is 0.360. The van der Waals surface area contributed by atoms with Crippen LogP contribution in [0.2, 0.25) is 0 Å². The summed E-state index contributed by atoms with van der Waals surface area (Å²) in [6, 6.07) is 18.1. The molecule has 156 valence electrons. The van der Waals surface area contributed by atoms with Gasteiger partial charge in [0.2, 0.25) is 5.91 Å². The SMILES string of the molecule is O=C1CCCN1Cc1ccc(C(=O)N2CCN(C/C=C/c3ccccc3)CC2)cc1. The first-order chi connectivity index (χ1) is 14.7. The Kier molecular flexibility index (Phi) is 6.60. The average Bonchev–Trinajstić information content (AvgIpc) is 3.19. The molecule has 0 saturated carbocycles. The first kappa shape index (κ1) is 20.4. The molecule has 2 aliphatic rings. The third kappa shape index (κ3) is 5.16. The summed E-state index contributed by atoms with van der Waals surface area (Å²) in [4.78, 5) is 30.8. The Morgan fingerprint density at radius 3 is 2.30 bits per heavy atom. The minimum atomic E-state index is 0.0956. The zero-order valence-corrected chi connectivity index (χ0v) is 17.4. The Balaban J connectivity index is 1.24. The second-order valence-electron chi connectivity index (χ2n) is 8.02. The van der Waals surface area contributed by atoms with Gasteiger partial charge < -0.3 is 9.80 Å². The van der Waals surface area contributed by atoms with Crippen molar-refractivity contribution < 1.29 is 9.59 Å². The second kappa shape index (κ2) is 9.72. The summed E-state index contributed by atoms with van der Waals surface area (Å²) < 4.78 is 0. The van der Waals surface area contributed by atoms with E-state index in [0.717, 1.165) is 56.8 Å². The van der Waals surface area contributed by atoms with Crippen molar-refractivity contribution in [2.75, 3.05) is 39.3 Å². The topological polar surface area (TPSA) is 43.9 Å². The fourth-order valence-corrected chi connectivity index (χ4v) is 4.06. The van der Waals surface area contributed by atoms with Crippen LogP contribution in [0.25, 0.3) is 6.08 Å². The van der Waals surface area contributed by atoms with Gasteiger partial charge in [-0.25, -0.2) is 0 Å². The Morgan fingerprint density at radius 2 is 1.63 bits per heavy atom. The van der Waals surface area contributed by atoms with Crippen LogP contribution in [-0.2, 0) is 11.3 Å². The van der Waals surface area contributed by atoms with Gasteiger partial charge in [-0.1, -0.05) is 54.6 Å². The highest BCUT2D eigenvalue weighted by molar-refractivity contribution is 5.94. The van der Waals surface area contributed by atoms with Crippen molar-refractivity contribution in [3.05, 3.63) is 77.4 Å². The van der Waals surface area contributed by atoms with Crippen molar-refractivity contribution in [1.29, 1.82) is 0 Å². The van der Waals surface area contributed by atoms with E-state index in [4.69, 9.17) is 0 Å². The molecular formula is C25H29N3O2. The summed E-state index contributed by atoms with van der Waals surface area (Å²) in [5.74, 6) is 0.324. The van der Waals surface area contributed by atoms with E-state index in [1.807, 2.05) is 52.3 Å². The lowest BCUT2D eigenvalue weighted by Gasteiger charge is -2.34. The summed E-state index contributed by atoms with van der Waals surface area (Å²) in [5.41, 5.74) is 3.02. The molecule has 0 N–H and O–H groups in total. The highest BCUT2D eigenvalue weighted by Crippen LogP contribution is 2.16. The number of carbonyl (C=O) groups is 2. The molecule has 0 aromatic heterocycles. The van der Waals surface area contributed by atoms with Crippen molar-refractivity contribution in [2.45, 2.75) is 19.4 Å². The van der Waals surface area contributed by atoms with Crippen molar-refractivity contribution >= 4 is 17.9 Å². The van der Waals surface area contributed by atoms with Crippen LogP contribution < -0.4 is 0 Å². The average molecular weight is 404 g/mol. The van der Waals surface area contributed by atoms with Gasteiger partial charge in [0.25, 0.3) is 5.91 Å². The van der Waals surface area contributed by atoms with Gasteiger partial charge in [-0.2, -0.15) is 0 Å². The summed E-state index contributed by atoms with van der Waals surface area (Å²) in [7, 11) is 0. The molecule has 5 heteroatoms. The first-order valence-corrected chi connectivity index (χ1v) is 10.8. The largest absolute Gasteiger partial charge is 0.338 e. The van der Waals surface area contributed by atoms with E-state index < -0.39 is 0 Å². The molecule has 0 unspecified atom stereocenters. The first-order valence-electron chi connectivity index (χ1n) is 10.8. The summed E-state index contributed by atoms with van der Waals surface area (Å²) >= 11 is 0. The molecule has 2 saturated heterocycles. The molecule has 4 rings (SSSR count). The maximum absolute atomic E-state index is 12.8. The lowest BCUT2D eigenvalue weighted by molar-refractivity contribution is -0.128. The number of carbonyl (C=O) groups excluding carboxylic acids is 2.